The van der Waals surface area contributed by atoms with Gasteiger partial charge < -0.3 is 10.0 Å². The van der Waals surface area contributed by atoms with Gasteiger partial charge in [-0.15, -0.1) is 0 Å². The van der Waals surface area contributed by atoms with Crippen LogP contribution >= 0.6 is 0 Å². The second-order valence-corrected chi connectivity index (χ2v) is 7.69. The molecule has 2 rings (SSSR count). The standard InChI is InChI=1S/C17H22F3N3O4/c1-16(2,3)14-10-21(6-7-22(14)15(24)25)9-11-4-5-12(17(18,19)20)8-13(11)23(26)27/h4-5,8,14H,6-7,9-10H2,1-3H3,(H,24,25). The van der Waals surface area contributed by atoms with E-state index in [4.69, 9.17) is 0 Å². The Labute approximate surface area is 154 Å². The summed E-state index contributed by atoms with van der Waals surface area (Å²) in [5.74, 6) is 0. The van der Waals surface area contributed by atoms with Gasteiger partial charge in [-0.3, -0.25) is 15.0 Å². The number of carboxylic acid groups (broad SMARTS) is 1. The first kappa shape index (κ1) is 20.9. The summed E-state index contributed by atoms with van der Waals surface area (Å²) in [6, 6.07) is 2.16. The van der Waals surface area contributed by atoms with Gasteiger partial charge in [0, 0.05) is 37.8 Å². The Morgan fingerprint density at radius 3 is 2.41 bits per heavy atom. The van der Waals surface area contributed by atoms with Gasteiger partial charge >= 0.3 is 12.3 Å². The lowest BCUT2D eigenvalue weighted by Gasteiger charge is -2.46. The Morgan fingerprint density at radius 1 is 1.30 bits per heavy atom. The highest BCUT2D eigenvalue weighted by atomic mass is 19.4. The normalized spacial score (nSPS) is 19.2. The minimum atomic E-state index is -4.66. The monoisotopic (exact) mass is 389 g/mol. The van der Waals surface area contributed by atoms with E-state index in [9.17, 15) is 33.2 Å². The van der Waals surface area contributed by atoms with Gasteiger partial charge in [0.15, 0.2) is 0 Å². The number of nitro benzene ring substituents is 1. The molecule has 0 bridgehead atoms. The number of amides is 1. The van der Waals surface area contributed by atoms with Crippen molar-refractivity contribution < 1.29 is 28.0 Å². The zero-order chi connectivity index (χ0) is 20.6. The minimum absolute atomic E-state index is 0.0779. The maximum Gasteiger partial charge on any atom is 0.416 e. The largest absolute Gasteiger partial charge is 0.465 e. The van der Waals surface area contributed by atoms with E-state index < -0.39 is 28.4 Å². The van der Waals surface area contributed by atoms with Crippen molar-refractivity contribution >= 4 is 11.8 Å². The molecule has 1 aliphatic heterocycles. The van der Waals surface area contributed by atoms with Gasteiger partial charge in [-0.1, -0.05) is 26.8 Å². The molecule has 1 aliphatic rings. The zero-order valence-electron chi connectivity index (χ0n) is 15.3. The molecular formula is C17H22F3N3O4. The molecule has 1 amide bonds. The molecule has 1 heterocycles. The third kappa shape index (κ3) is 4.88. The fourth-order valence-corrected chi connectivity index (χ4v) is 3.24. The molecule has 0 spiro atoms. The van der Waals surface area contributed by atoms with E-state index in [1.54, 1.807) is 0 Å². The fraction of sp³-hybridized carbons (Fsp3) is 0.588. The van der Waals surface area contributed by atoms with Gasteiger partial charge in [-0.25, -0.2) is 4.79 Å². The highest BCUT2D eigenvalue weighted by Gasteiger charge is 2.38. The first-order valence-corrected chi connectivity index (χ1v) is 8.37. The number of alkyl halides is 3. The molecule has 0 aromatic heterocycles. The van der Waals surface area contributed by atoms with Crippen molar-refractivity contribution in [1.29, 1.82) is 0 Å². The summed E-state index contributed by atoms with van der Waals surface area (Å²) in [5.41, 5.74) is -1.84. The number of nitrogens with zero attached hydrogens (tertiary/aromatic N) is 3. The van der Waals surface area contributed by atoms with Crippen LogP contribution in [0.25, 0.3) is 0 Å². The molecule has 10 heteroatoms. The van der Waals surface area contributed by atoms with Gasteiger partial charge in [0.2, 0.25) is 0 Å². The SMILES string of the molecule is CC(C)(C)C1CN(Cc2ccc(C(F)(F)F)cc2[N+](=O)[O-])CCN1C(=O)O. The van der Waals surface area contributed by atoms with E-state index in [0.29, 0.717) is 19.2 Å². The summed E-state index contributed by atoms with van der Waals surface area (Å²) in [5, 5.41) is 20.6. The predicted molar refractivity (Wildman–Crippen MR) is 91.3 cm³/mol. The summed E-state index contributed by atoms with van der Waals surface area (Å²) in [7, 11) is 0. The molecule has 1 aromatic carbocycles. The molecule has 1 fully saturated rings. The lowest BCUT2D eigenvalue weighted by molar-refractivity contribution is -0.386. The van der Waals surface area contributed by atoms with Crippen LogP contribution in [0.15, 0.2) is 18.2 Å². The molecule has 7 nitrogen and oxygen atoms in total. The molecule has 0 radical (unpaired) electrons. The van der Waals surface area contributed by atoms with E-state index in [1.807, 2.05) is 25.7 Å². The second kappa shape index (κ2) is 7.34. The second-order valence-electron chi connectivity index (χ2n) is 7.69. The number of hydrogen-bond donors (Lipinski definition) is 1. The molecule has 0 aliphatic carbocycles. The Kier molecular flexibility index (Phi) is 5.69. The zero-order valence-corrected chi connectivity index (χ0v) is 15.3. The summed E-state index contributed by atoms with van der Waals surface area (Å²) >= 11 is 0. The van der Waals surface area contributed by atoms with E-state index in [-0.39, 0.29) is 30.1 Å². The summed E-state index contributed by atoms with van der Waals surface area (Å²) in [4.78, 5) is 25.1. The maximum atomic E-state index is 12.8. The maximum absolute atomic E-state index is 12.8. The van der Waals surface area contributed by atoms with Crippen LogP contribution in [0.5, 0.6) is 0 Å². The minimum Gasteiger partial charge on any atom is -0.465 e. The smallest absolute Gasteiger partial charge is 0.416 e. The Balaban J connectivity index is 2.26. The molecule has 1 aromatic rings. The average Bonchev–Trinajstić information content (AvgIpc) is 2.52. The van der Waals surface area contributed by atoms with Crippen molar-refractivity contribution in [2.45, 2.75) is 39.5 Å². The summed E-state index contributed by atoms with van der Waals surface area (Å²) in [6.07, 6.45) is -5.69. The fourth-order valence-electron chi connectivity index (χ4n) is 3.24. The van der Waals surface area contributed by atoms with Gasteiger partial charge in [0.05, 0.1) is 16.5 Å². The Bertz CT molecular complexity index is 731. The van der Waals surface area contributed by atoms with Gasteiger partial charge in [-0.05, 0) is 11.5 Å². The lowest BCUT2D eigenvalue weighted by Crippen LogP contribution is -2.59. The van der Waals surface area contributed by atoms with E-state index in [2.05, 4.69) is 0 Å². The summed E-state index contributed by atoms with van der Waals surface area (Å²) in [6.45, 7) is 6.69. The molecule has 27 heavy (non-hydrogen) atoms. The van der Waals surface area contributed by atoms with Crippen molar-refractivity contribution in [2.24, 2.45) is 5.41 Å². The van der Waals surface area contributed by atoms with Crippen LogP contribution in [0.4, 0.5) is 23.7 Å². The van der Waals surface area contributed by atoms with Crippen molar-refractivity contribution in [3.63, 3.8) is 0 Å². The van der Waals surface area contributed by atoms with Crippen LogP contribution in [-0.2, 0) is 12.7 Å². The third-order valence-electron chi connectivity index (χ3n) is 4.71. The van der Waals surface area contributed by atoms with Crippen LogP contribution < -0.4 is 0 Å². The molecule has 1 unspecified atom stereocenters. The van der Waals surface area contributed by atoms with Crippen molar-refractivity contribution in [1.82, 2.24) is 9.80 Å². The number of rotatable bonds is 3. The molecule has 1 N–H and O–H groups in total. The molecular weight excluding hydrogens is 367 g/mol. The molecule has 0 saturated carbocycles. The topological polar surface area (TPSA) is 86.9 Å². The van der Waals surface area contributed by atoms with Gasteiger partial charge in [0.1, 0.15) is 0 Å². The highest BCUT2D eigenvalue weighted by molar-refractivity contribution is 5.65. The number of halogens is 3. The van der Waals surface area contributed by atoms with Crippen LogP contribution in [0.2, 0.25) is 0 Å². The highest BCUT2D eigenvalue weighted by Crippen LogP contribution is 2.34. The number of piperazine rings is 1. The summed E-state index contributed by atoms with van der Waals surface area (Å²) < 4.78 is 38.5. The number of hydrogen-bond acceptors (Lipinski definition) is 4. The molecule has 1 atom stereocenters. The van der Waals surface area contributed by atoms with E-state index >= 15 is 0 Å². The van der Waals surface area contributed by atoms with Crippen molar-refractivity contribution in [3.05, 3.63) is 39.4 Å². The quantitative estimate of drug-likeness (QED) is 0.627. The predicted octanol–water partition coefficient (Wildman–Crippen LogP) is 3.82. The Hall–Kier alpha value is -2.36. The van der Waals surface area contributed by atoms with Crippen molar-refractivity contribution in [2.75, 3.05) is 19.6 Å². The van der Waals surface area contributed by atoms with Crippen LogP contribution in [-0.4, -0.2) is 51.6 Å². The van der Waals surface area contributed by atoms with Crippen molar-refractivity contribution in [3.8, 4) is 0 Å². The van der Waals surface area contributed by atoms with Gasteiger partial charge in [-0.2, -0.15) is 13.2 Å². The van der Waals surface area contributed by atoms with Gasteiger partial charge in [0.25, 0.3) is 5.69 Å². The number of carbonyl (C=O) groups is 1. The van der Waals surface area contributed by atoms with Crippen LogP contribution in [0.1, 0.15) is 31.9 Å². The van der Waals surface area contributed by atoms with Crippen LogP contribution in [0, 0.1) is 15.5 Å². The van der Waals surface area contributed by atoms with E-state index in [1.165, 1.54) is 4.90 Å². The average molecular weight is 389 g/mol. The Morgan fingerprint density at radius 2 is 1.93 bits per heavy atom. The third-order valence-corrected chi connectivity index (χ3v) is 4.71. The molecule has 150 valence electrons. The first-order chi connectivity index (χ1) is 12.3. The first-order valence-electron chi connectivity index (χ1n) is 8.37. The number of nitro groups is 1. The number of benzene rings is 1. The lowest BCUT2D eigenvalue weighted by atomic mass is 9.84. The molecule has 1 saturated heterocycles. The van der Waals surface area contributed by atoms with Crippen LogP contribution in [0.3, 0.4) is 0 Å². The van der Waals surface area contributed by atoms with E-state index in [0.717, 1.165) is 12.1 Å².